The van der Waals surface area contributed by atoms with Gasteiger partial charge in [-0.05, 0) is 23.2 Å². The molecule has 0 saturated heterocycles. The van der Waals surface area contributed by atoms with Gasteiger partial charge in [0.2, 0.25) is 11.5 Å². The molecule has 0 fully saturated rings. The van der Waals surface area contributed by atoms with Crippen molar-refractivity contribution in [3.05, 3.63) is 17.8 Å². The normalized spacial score (nSPS) is 16.0. The molecule has 14 heavy (non-hydrogen) atoms. The van der Waals surface area contributed by atoms with Gasteiger partial charge >= 0.3 is 0 Å². The number of aromatic nitrogens is 2. The highest BCUT2D eigenvalue weighted by atomic mass is 16.6. The third-order valence-electron chi connectivity index (χ3n) is 2.07. The van der Waals surface area contributed by atoms with Crippen LogP contribution in [0.4, 0.5) is 5.82 Å². The molecule has 0 unspecified atom stereocenters. The van der Waals surface area contributed by atoms with E-state index in [2.05, 4.69) is 20.3 Å². The molecule has 2 rings (SSSR count). The van der Waals surface area contributed by atoms with Crippen LogP contribution in [0, 0.1) is 0 Å². The number of amides is 1. The van der Waals surface area contributed by atoms with Gasteiger partial charge in [0.25, 0.3) is 5.91 Å². The number of nitrogens with two attached hydrogens (primary N) is 1. The van der Waals surface area contributed by atoms with Crippen molar-refractivity contribution in [2.24, 2.45) is 0 Å². The maximum absolute atomic E-state index is 11.5. The molecule has 0 aliphatic heterocycles. The summed E-state index contributed by atoms with van der Waals surface area (Å²) in [6, 6.07) is 0.138. The van der Waals surface area contributed by atoms with Crippen LogP contribution in [0.25, 0.3) is 0 Å². The Morgan fingerprint density at radius 1 is 1.50 bits per heavy atom. The molecule has 3 N–H and O–H groups in total. The molecule has 0 aromatic carbocycles. The molecule has 0 radical (unpaired) electrons. The van der Waals surface area contributed by atoms with Crippen LogP contribution in [0.15, 0.2) is 16.8 Å². The largest absolute Gasteiger partial charge is 0.379 e. The second-order valence-corrected chi connectivity index (χ2v) is 3.11. The smallest absolute Gasteiger partial charge is 0.277 e. The highest BCUT2D eigenvalue weighted by molar-refractivity contribution is 5.96. The summed E-state index contributed by atoms with van der Waals surface area (Å²) in [5, 5.41) is 9.52. The predicted molar refractivity (Wildman–Crippen MR) is 48.3 cm³/mol. The van der Waals surface area contributed by atoms with Crippen LogP contribution in [-0.4, -0.2) is 22.3 Å². The lowest BCUT2D eigenvalue weighted by atomic mass is 10.2. The second kappa shape index (κ2) is 3.49. The average Bonchev–Trinajstić information content (AvgIpc) is 2.75. The fraction of sp³-hybridized carbons (Fsp3) is 0.375. The van der Waals surface area contributed by atoms with Crippen LogP contribution in [0.5, 0.6) is 0 Å². The second-order valence-electron chi connectivity index (χ2n) is 3.11. The van der Waals surface area contributed by atoms with E-state index in [9.17, 15) is 4.79 Å². The molecule has 1 heterocycles. The van der Waals surface area contributed by atoms with Crippen LogP contribution in [0.3, 0.4) is 0 Å². The summed E-state index contributed by atoms with van der Waals surface area (Å²) in [4.78, 5) is 11.5. The fourth-order valence-corrected chi connectivity index (χ4v) is 1.34. The van der Waals surface area contributed by atoms with Gasteiger partial charge in [-0.25, -0.2) is 4.63 Å². The summed E-state index contributed by atoms with van der Waals surface area (Å²) in [6.45, 7) is 0. The first-order chi connectivity index (χ1) is 6.77. The third kappa shape index (κ3) is 1.59. The molecular weight excluding hydrogens is 184 g/mol. The van der Waals surface area contributed by atoms with Crippen LogP contribution in [0.1, 0.15) is 23.3 Å². The van der Waals surface area contributed by atoms with E-state index in [1.807, 2.05) is 12.2 Å². The fourth-order valence-electron chi connectivity index (χ4n) is 1.34. The molecule has 6 nitrogen and oxygen atoms in total. The van der Waals surface area contributed by atoms with Crippen molar-refractivity contribution < 1.29 is 9.42 Å². The van der Waals surface area contributed by atoms with E-state index in [-0.39, 0.29) is 23.5 Å². The van der Waals surface area contributed by atoms with E-state index in [4.69, 9.17) is 5.73 Å². The van der Waals surface area contributed by atoms with Gasteiger partial charge in [0.1, 0.15) is 0 Å². The molecule has 1 aliphatic carbocycles. The Morgan fingerprint density at radius 3 is 2.79 bits per heavy atom. The number of nitrogens with one attached hydrogen (secondary N) is 1. The zero-order valence-electron chi connectivity index (χ0n) is 7.43. The summed E-state index contributed by atoms with van der Waals surface area (Å²) >= 11 is 0. The standard InChI is InChI=1S/C8H10N4O2/c9-7-6(11-14-12-7)8(13)10-5-3-1-2-4-5/h1-2,5H,3-4H2,(H2,9,12)(H,10,13). The highest BCUT2D eigenvalue weighted by Crippen LogP contribution is 2.11. The highest BCUT2D eigenvalue weighted by Gasteiger charge is 2.19. The van der Waals surface area contributed by atoms with Gasteiger partial charge in [-0.3, -0.25) is 4.79 Å². The molecule has 1 aromatic heterocycles. The number of anilines is 1. The minimum atomic E-state index is -0.336. The van der Waals surface area contributed by atoms with Crippen LogP contribution in [-0.2, 0) is 0 Å². The predicted octanol–water partition coefficient (Wildman–Crippen LogP) is 0.100. The first-order valence-corrected chi connectivity index (χ1v) is 4.31. The zero-order valence-corrected chi connectivity index (χ0v) is 7.43. The average molecular weight is 194 g/mol. The van der Waals surface area contributed by atoms with E-state index in [1.165, 1.54) is 0 Å². The molecule has 0 bridgehead atoms. The van der Waals surface area contributed by atoms with E-state index in [0.717, 1.165) is 12.8 Å². The Morgan fingerprint density at radius 2 is 2.21 bits per heavy atom. The Bertz CT molecular complexity index is 363. The molecular formula is C8H10N4O2. The lowest BCUT2D eigenvalue weighted by Crippen LogP contribution is -2.33. The van der Waals surface area contributed by atoms with Crippen molar-refractivity contribution in [3.8, 4) is 0 Å². The minimum absolute atomic E-state index is 0.0217. The van der Waals surface area contributed by atoms with Crippen molar-refractivity contribution in [1.82, 2.24) is 15.6 Å². The molecule has 0 saturated carbocycles. The number of nitrogens with zero attached hydrogens (tertiary/aromatic N) is 2. The summed E-state index contributed by atoms with van der Waals surface area (Å²) in [5.41, 5.74) is 5.42. The quantitative estimate of drug-likeness (QED) is 0.651. The van der Waals surface area contributed by atoms with Crippen molar-refractivity contribution in [2.75, 3.05) is 5.73 Å². The number of nitrogen functional groups attached to an aromatic ring is 1. The van der Waals surface area contributed by atoms with Gasteiger partial charge in [-0.2, -0.15) is 0 Å². The van der Waals surface area contributed by atoms with Crippen molar-refractivity contribution in [2.45, 2.75) is 18.9 Å². The number of carbonyl (C=O) groups is 1. The van der Waals surface area contributed by atoms with E-state index >= 15 is 0 Å². The van der Waals surface area contributed by atoms with E-state index in [1.54, 1.807) is 0 Å². The minimum Gasteiger partial charge on any atom is -0.379 e. The van der Waals surface area contributed by atoms with Gasteiger partial charge in [-0.1, -0.05) is 12.2 Å². The molecule has 1 aliphatic rings. The van der Waals surface area contributed by atoms with Crippen LogP contribution in [0.2, 0.25) is 0 Å². The summed E-state index contributed by atoms with van der Waals surface area (Å²) in [5.74, 6) is -0.314. The molecule has 6 heteroatoms. The van der Waals surface area contributed by atoms with Gasteiger partial charge in [0.15, 0.2) is 0 Å². The molecule has 0 atom stereocenters. The molecule has 74 valence electrons. The van der Waals surface area contributed by atoms with E-state index < -0.39 is 0 Å². The third-order valence-corrected chi connectivity index (χ3v) is 2.07. The zero-order chi connectivity index (χ0) is 9.97. The van der Waals surface area contributed by atoms with Gasteiger partial charge in [0, 0.05) is 6.04 Å². The van der Waals surface area contributed by atoms with Crippen LogP contribution < -0.4 is 11.1 Å². The molecule has 0 spiro atoms. The van der Waals surface area contributed by atoms with Gasteiger partial charge in [0.05, 0.1) is 0 Å². The number of hydrogen-bond donors (Lipinski definition) is 2. The maximum atomic E-state index is 11.5. The Kier molecular flexibility index (Phi) is 2.18. The maximum Gasteiger partial charge on any atom is 0.277 e. The lowest BCUT2D eigenvalue weighted by Gasteiger charge is -2.09. The summed E-state index contributed by atoms with van der Waals surface area (Å²) in [7, 11) is 0. The SMILES string of the molecule is Nc1nonc1C(=O)NC1CC=CC1. The molecule has 1 aromatic rings. The number of rotatable bonds is 2. The van der Waals surface area contributed by atoms with Crippen molar-refractivity contribution in [3.63, 3.8) is 0 Å². The first-order valence-electron chi connectivity index (χ1n) is 4.31. The van der Waals surface area contributed by atoms with Gasteiger partial charge < -0.3 is 11.1 Å². The topological polar surface area (TPSA) is 94.0 Å². The molecule has 1 amide bonds. The summed E-state index contributed by atoms with van der Waals surface area (Å²) < 4.78 is 4.33. The lowest BCUT2D eigenvalue weighted by molar-refractivity contribution is 0.0929. The van der Waals surface area contributed by atoms with Crippen molar-refractivity contribution in [1.29, 1.82) is 0 Å². The van der Waals surface area contributed by atoms with Gasteiger partial charge in [-0.15, -0.1) is 0 Å². The Labute approximate surface area is 80.1 Å². The van der Waals surface area contributed by atoms with Crippen LogP contribution >= 0.6 is 0 Å². The van der Waals surface area contributed by atoms with E-state index in [0.29, 0.717) is 0 Å². The first kappa shape index (κ1) is 8.74. The summed E-state index contributed by atoms with van der Waals surface area (Å²) in [6.07, 6.45) is 5.73. The number of hydrogen-bond acceptors (Lipinski definition) is 5. The monoisotopic (exact) mass is 194 g/mol. The Hall–Kier alpha value is -1.85. The number of carbonyl (C=O) groups excluding carboxylic acids is 1. The van der Waals surface area contributed by atoms with Crippen molar-refractivity contribution >= 4 is 11.7 Å². The Balaban J connectivity index is 1.99.